The maximum atomic E-state index is 13.6. The first-order chi connectivity index (χ1) is 15.3. The second kappa shape index (κ2) is 8.17. The first kappa shape index (κ1) is 21.1. The van der Waals surface area contributed by atoms with Gasteiger partial charge in [0, 0.05) is 12.1 Å². The van der Waals surface area contributed by atoms with E-state index >= 15 is 0 Å². The van der Waals surface area contributed by atoms with Crippen molar-refractivity contribution < 1.29 is 50.2 Å². The van der Waals surface area contributed by atoms with Crippen LogP contribution in [0, 0.1) is 29.1 Å². The number of fused-ring (bicyclic) bond motifs is 1. The van der Waals surface area contributed by atoms with Crippen molar-refractivity contribution >= 4 is 17.8 Å². The predicted molar refractivity (Wildman–Crippen MR) is 95.4 cm³/mol. The van der Waals surface area contributed by atoms with Crippen molar-refractivity contribution in [2.75, 3.05) is 6.61 Å². The van der Waals surface area contributed by atoms with Crippen LogP contribution in [0.4, 0.5) is 22.0 Å². The van der Waals surface area contributed by atoms with Crippen LogP contribution in [0.5, 0.6) is 17.2 Å². The van der Waals surface area contributed by atoms with Crippen molar-refractivity contribution in [3.8, 4) is 17.2 Å². The van der Waals surface area contributed by atoms with Crippen LogP contribution in [0.15, 0.2) is 46.8 Å². The number of allylic oxidation sites excluding steroid dienone is 1. The van der Waals surface area contributed by atoms with Crippen LogP contribution >= 0.6 is 0 Å². The van der Waals surface area contributed by atoms with Crippen molar-refractivity contribution in [1.29, 1.82) is 0 Å². The Morgan fingerprint density at radius 1 is 0.969 bits per heavy atom. The van der Waals surface area contributed by atoms with Gasteiger partial charge >= 0.3 is 5.97 Å². The van der Waals surface area contributed by atoms with Gasteiger partial charge in [-0.3, -0.25) is 4.79 Å². The van der Waals surface area contributed by atoms with E-state index in [0.29, 0.717) is 5.76 Å². The lowest BCUT2D eigenvalue weighted by atomic mass is 10.1. The van der Waals surface area contributed by atoms with Crippen LogP contribution in [0.1, 0.15) is 16.1 Å². The van der Waals surface area contributed by atoms with Gasteiger partial charge in [-0.1, -0.05) is 0 Å². The summed E-state index contributed by atoms with van der Waals surface area (Å²) in [5, 5.41) is 0. The molecular weight excluding hydrogens is 443 g/mol. The molecule has 0 aliphatic carbocycles. The Balaban J connectivity index is 1.45. The third kappa shape index (κ3) is 3.80. The molecule has 2 aromatic carbocycles. The summed E-state index contributed by atoms with van der Waals surface area (Å²) in [5.41, 5.74) is 0.181. The molecule has 0 spiro atoms. The van der Waals surface area contributed by atoms with Crippen LogP contribution in [0.25, 0.3) is 6.08 Å². The lowest BCUT2D eigenvalue weighted by molar-refractivity contribution is -0.136. The van der Waals surface area contributed by atoms with E-state index in [2.05, 4.69) is 4.74 Å². The quantitative estimate of drug-likeness (QED) is 0.141. The lowest BCUT2D eigenvalue weighted by Gasteiger charge is -2.10. The maximum Gasteiger partial charge on any atom is 0.349 e. The van der Waals surface area contributed by atoms with Crippen molar-refractivity contribution in [3.05, 3.63) is 82.8 Å². The summed E-state index contributed by atoms with van der Waals surface area (Å²) in [5.74, 6) is -14.2. The molecule has 1 aliphatic heterocycles. The van der Waals surface area contributed by atoms with Crippen LogP contribution in [0.2, 0.25) is 0 Å². The number of benzene rings is 2. The van der Waals surface area contributed by atoms with Gasteiger partial charge < -0.3 is 18.6 Å². The predicted octanol–water partition coefficient (Wildman–Crippen LogP) is 4.58. The van der Waals surface area contributed by atoms with Crippen LogP contribution in [-0.4, -0.2) is 18.4 Å². The third-order valence-corrected chi connectivity index (χ3v) is 4.19. The monoisotopic (exact) mass is 452 g/mol. The number of Topliss-reactive ketones (excluding diaryl/α,β-unsaturated/α-hetero) is 1. The molecule has 0 radical (unpaired) electrons. The van der Waals surface area contributed by atoms with Crippen molar-refractivity contribution in [3.63, 3.8) is 0 Å². The summed E-state index contributed by atoms with van der Waals surface area (Å²) in [7, 11) is 0. The molecule has 0 amide bonds. The summed E-state index contributed by atoms with van der Waals surface area (Å²) in [4.78, 5) is 24.2. The molecule has 0 saturated heterocycles. The van der Waals surface area contributed by atoms with E-state index in [1.54, 1.807) is 12.1 Å². The smallest absolute Gasteiger partial charge is 0.349 e. The van der Waals surface area contributed by atoms with E-state index in [-0.39, 0.29) is 22.8 Å². The second-order valence-corrected chi connectivity index (χ2v) is 6.27. The van der Waals surface area contributed by atoms with Gasteiger partial charge in [-0.05, 0) is 24.3 Å². The second-order valence-electron chi connectivity index (χ2n) is 6.27. The summed E-state index contributed by atoms with van der Waals surface area (Å²) >= 11 is 0. The molecule has 11 heteroatoms. The summed E-state index contributed by atoms with van der Waals surface area (Å²) in [6.07, 6.45) is 2.77. The molecule has 0 N–H and O–H groups in total. The number of rotatable bonds is 5. The van der Waals surface area contributed by atoms with Gasteiger partial charge in [0.1, 0.15) is 17.3 Å². The van der Waals surface area contributed by atoms with Crippen molar-refractivity contribution in [2.45, 2.75) is 0 Å². The zero-order valence-electron chi connectivity index (χ0n) is 15.6. The van der Waals surface area contributed by atoms with Gasteiger partial charge in [-0.15, -0.1) is 0 Å². The van der Waals surface area contributed by atoms with Gasteiger partial charge in [-0.2, -0.15) is 8.78 Å². The van der Waals surface area contributed by atoms with E-state index in [9.17, 15) is 31.5 Å². The molecule has 1 aliphatic rings. The zero-order valence-corrected chi connectivity index (χ0v) is 15.6. The minimum atomic E-state index is -2.36. The normalized spacial score (nSPS) is 13.8. The molecule has 0 fully saturated rings. The van der Waals surface area contributed by atoms with Gasteiger partial charge in [0.25, 0.3) is 0 Å². The summed E-state index contributed by atoms with van der Waals surface area (Å²) in [6, 6.07) is 6.97. The fourth-order valence-corrected chi connectivity index (χ4v) is 2.74. The average Bonchev–Trinajstić information content (AvgIpc) is 3.39. The van der Waals surface area contributed by atoms with Crippen molar-refractivity contribution in [2.24, 2.45) is 0 Å². The number of ether oxygens (including phenoxy) is 3. The summed E-state index contributed by atoms with van der Waals surface area (Å²) < 4.78 is 86.4. The standard InChI is InChI=1S/C21H9F5O6/c22-15-16(23)18(25)21(19(26)17(15)24)30-8-14(27)31-10-3-4-11-12(7-10)32-13(20(11)28)6-9-2-1-5-29-9/h1-7H,8H2/b13-6-. The minimum Gasteiger partial charge on any atom is -0.476 e. The van der Waals surface area contributed by atoms with Gasteiger partial charge in [0.05, 0.1) is 11.8 Å². The molecule has 1 aromatic heterocycles. The highest BCUT2D eigenvalue weighted by Gasteiger charge is 2.29. The maximum absolute atomic E-state index is 13.6. The van der Waals surface area contributed by atoms with E-state index < -0.39 is 53.2 Å². The minimum absolute atomic E-state index is 0.0342. The Bertz CT molecular complexity index is 1240. The van der Waals surface area contributed by atoms with Crippen molar-refractivity contribution in [1.82, 2.24) is 0 Å². The van der Waals surface area contributed by atoms with E-state index in [1.807, 2.05) is 0 Å². The molecule has 32 heavy (non-hydrogen) atoms. The van der Waals surface area contributed by atoms with E-state index in [4.69, 9.17) is 13.9 Å². The van der Waals surface area contributed by atoms with Crippen LogP contribution < -0.4 is 14.2 Å². The number of halogens is 5. The van der Waals surface area contributed by atoms with Crippen LogP contribution in [-0.2, 0) is 4.79 Å². The Morgan fingerprint density at radius 2 is 1.66 bits per heavy atom. The number of hydrogen-bond donors (Lipinski definition) is 0. The number of carbonyl (C=O) groups is 2. The molecule has 0 atom stereocenters. The molecular formula is C21H9F5O6. The Labute approximate surface area is 175 Å². The third-order valence-electron chi connectivity index (χ3n) is 4.19. The van der Waals surface area contributed by atoms with Gasteiger partial charge in [0.15, 0.2) is 18.1 Å². The fourth-order valence-electron chi connectivity index (χ4n) is 2.74. The Kier molecular flexibility index (Phi) is 5.39. The SMILES string of the molecule is O=C(COc1c(F)c(F)c(F)c(F)c1F)Oc1ccc2c(c1)O/C(=C\c1ccco1)C2=O. The highest BCUT2D eigenvalue weighted by Crippen LogP contribution is 2.35. The largest absolute Gasteiger partial charge is 0.476 e. The van der Waals surface area contributed by atoms with Gasteiger partial charge in [0.2, 0.25) is 34.9 Å². The number of hydrogen-bond acceptors (Lipinski definition) is 6. The summed E-state index contributed by atoms with van der Waals surface area (Å²) in [6.45, 7) is -1.17. The molecule has 0 unspecified atom stereocenters. The Morgan fingerprint density at radius 3 is 2.31 bits per heavy atom. The Hall–Kier alpha value is -4.15. The number of esters is 1. The van der Waals surface area contributed by atoms with E-state index in [0.717, 1.165) is 0 Å². The van der Waals surface area contributed by atoms with Gasteiger partial charge in [-0.25, -0.2) is 18.0 Å². The topological polar surface area (TPSA) is 75.0 Å². The molecule has 3 aromatic rings. The molecule has 0 saturated carbocycles. The average molecular weight is 452 g/mol. The molecule has 0 bridgehead atoms. The van der Waals surface area contributed by atoms with E-state index in [1.165, 1.54) is 30.5 Å². The number of carbonyl (C=O) groups excluding carboxylic acids is 2. The molecule has 2 heterocycles. The molecule has 4 rings (SSSR count). The first-order valence-electron chi connectivity index (χ1n) is 8.73. The highest BCUT2D eigenvalue weighted by atomic mass is 19.2. The highest BCUT2D eigenvalue weighted by molar-refractivity contribution is 6.14. The zero-order chi connectivity index (χ0) is 23.0. The first-order valence-corrected chi connectivity index (χ1v) is 8.73. The fraction of sp³-hybridized carbons (Fsp3) is 0.0476. The number of furan rings is 1. The molecule has 6 nitrogen and oxygen atoms in total. The van der Waals surface area contributed by atoms with Crippen LogP contribution in [0.3, 0.4) is 0 Å². The molecule has 164 valence electrons. The lowest BCUT2D eigenvalue weighted by Crippen LogP contribution is -2.19. The number of ketones is 1.